The molecule has 0 aliphatic carbocycles. The molecule has 4 rings (SSSR count). The largest absolute Gasteiger partial charge is 0.469 e. The molecule has 2 unspecified atom stereocenters. The Morgan fingerprint density at radius 3 is 2.49 bits per heavy atom. The molecule has 1 spiro atoms. The molecule has 10 atom stereocenters. The van der Waals surface area contributed by atoms with Gasteiger partial charge in [0.15, 0.2) is 6.29 Å². The summed E-state index contributed by atoms with van der Waals surface area (Å²) < 4.78 is 41.0. The van der Waals surface area contributed by atoms with Crippen molar-refractivity contribution in [1.82, 2.24) is 10.2 Å². The first-order chi connectivity index (χ1) is 23.4. The number of esters is 1. The van der Waals surface area contributed by atoms with E-state index in [9.17, 15) is 14.4 Å². The molecule has 0 radical (unpaired) electrons. The second kappa shape index (κ2) is 18.5. The lowest BCUT2D eigenvalue weighted by Gasteiger charge is -2.40. The molecular formula is C37H58N2O10. The van der Waals surface area contributed by atoms with E-state index in [1.807, 2.05) is 39.8 Å². The molecule has 0 bridgehead atoms. The van der Waals surface area contributed by atoms with Crippen LogP contribution in [0.2, 0.25) is 0 Å². The van der Waals surface area contributed by atoms with Crippen LogP contribution < -0.4 is 5.32 Å². The van der Waals surface area contributed by atoms with Gasteiger partial charge in [-0.3, -0.25) is 9.59 Å². The minimum absolute atomic E-state index is 0.00195. The van der Waals surface area contributed by atoms with E-state index >= 15 is 0 Å². The van der Waals surface area contributed by atoms with E-state index in [1.54, 1.807) is 17.9 Å². The van der Waals surface area contributed by atoms with Crippen molar-refractivity contribution in [1.29, 1.82) is 0 Å². The number of methoxy groups -OCH3 is 1. The molecule has 49 heavy (non-hydrogen) atoms. The normalized spacial score (nSPS) is 33.4. The molecule has 4 heterocycles. The number of carbonyl (C=O) groups is 3. The van der Waals surface area contributed by atoms with Crippen LogP contribution in [0.25, 0.3) is 0 Å². The third kappa shape index (κ3) is 11.6. The van der Waals surface area contributed by atoms with Gasteiger partial charge in [0.1, 0.15) is 23.9 Å². The number of nitrogens with one attached hydrogen (secondary N) is 1. The lowest BCUT2D eigenvalue weighted by molar-refractivity contribution is -0.227. The van der Waals surface area contributed by atoms with Gasteiger partial charge in [0, 0.05) is 32.2 Å². The number of amides is 2. The first-order valence-electron chi connectivity index (χ1n) is 18.0. The van der Waals surface area contributed by atoms with Gasteiger partial charge in [0.05, 0.1) is 44.5 Å². The Balaban J connectivity index is 1.28. The second-order valence-electron chi connectivity index (χ2n) is 13.9. The number of allylic oxidation sites excluding steroid dienone is 2. The monoisotopic (exact) mass is 690 g/mol. The summed E-state index contributed by atoms with van der Waals surface area (Å²) in [5.41, 5.74) is 0.524. The molecular weight excluding hydrogens is 632 g/mol. The van der Waals surface area contributed by atoms with Gasteiger partial charge in [0.25, 0.3) is 0 Å². The van der Waals surface area contributed by atoms with Crippen LogP contribution in [0.5, 0.6) is 0 Å². The number of rotatable bonds is 14. The van der Waals surface area contributed by atoms with Gasteiger partial charge in [-0.05, 0) is 78.7 Å². The summed E-state index contributed by atoms with van der Waals surface area (Å²) in [6.07, 6.45) is 11.9. The smallest absolute Gasteiger partial charge is 0.410 e. The van der Waals surface area contributed by atoms with E-state index in [0.29, 0.717) is 26.1 Å². The predicted octanol–water partition coefficient (Wildman–Crippen LogP) is 5.00. The van der Waals surface area contributed by atoms with Crippen LogP contribution in [-0.2, 0) is 42.7 Å². The molecule has 0 aromatic carbocycles. The van der Waals surface area contributed by atoms with Crippen LogP contribution >= 0.6 is 0 Å². The van der Waals surface area contributed by atoms with Crippen LogP contribution in [0.4, 0.5) is 4.79 Å². The van der Waals surface area contributed by atoms with Crippen LogP contribution in [0.15, 0.2) is 36.0 Å². The topological polar surface area (TPSA) is 134 Å². The lowest BCUT2D eigenvalue weighted by Crippen LogP contribution is -2.53. The summed E-state index contributed by atoms with van der Waals surface area (Å²) in [5.74, 6) is -0.340. The molecule has 1 N–H and O–H groups in total. The fraction of sp³-hybridized carbons (Fsp3) is 0.757. The van der Waals surface area contributed by atoms with Gasteiger partial charge in [-0.15, -0.1) is 0 Å². The molecule has 4 aliphatic rings. The Morgan fingerprint density at radius 2 is 1.82 bits per heavy atom. The lowest BCUT2D eigenvalue weighted by atomic mass is 9.87. The van der Waals surface area contributed by atoms with Gasteiger partial charge in [-0.1, -0.05) is 30.7 Å². The zero-order valence-electron chi connectivity index (χ0n) is 30.4. The Hall–Kier alpha value is -2.77. The zero-order valence-corrected chi connectivity index (χ0v) is 30.4. The van der Waals surface area contributed by atoms with Gasteiger partial charge in [0.2, 0.25) is 5.91 Å². The van der Waals surface area contributed by atoms with E-state index in [-0.39, 0.29) is 60.8 Å². The number of piperidine rings is 1. The van der Waals surface area contributed by atoms with Crippen LogP contribution in [-0.4, -0.2) is 111 Å². The molecule has 4 saturated heterocycles. The molecule has 12 heteroatoms. The van der Waals surface area contributed by atoms with Crippen molar-refractivity contribution in [3.05, 3.63) is 36.0 Å². The average molecular weight is 691 g/mol. The highest BCUT2D eigenvalue weighted by molar-refractivity contribution is 5.87. The summed E-state index contributed by atoms with van der Waals surface area (Å²) in [4.78, 5) is 38.8. The molecule has 4 fully saturated rings. The molecule has 276 valence electrons. The van der Waals surface area contributed by atoms with Crippen molar-refractivity contribution >= 4 is 18.0 Å². The summed E-state index contributed by atoms with van der Waals surface area (Å²) in [6.45, 7) is 14.2. The fourth-order valence-electron chi connectivity index (χ4n) is 6.87. The third-order valence-corrected chi connectivity index (χ3v) is 9.80. The van der Waals surface area contributed by atoms with Crippen LogP contribution in [0, 0.1) is 5.92 Å². The standard InChI is InChI=1S/C37H58N2O10/c1-8-44-28(6)48-35-32(49-29(21-34(41)43-7)22-37(35)23-45-37)16-13-24(2)12-15-31-25(3)20-30(27(5)47-31)38-33(40)17-14-26(4)46-36(42)39-18-10-9-11-19-39/h12-14,16-17,25-32,35H,8-11,15,18-23H2,1-7H3,(H,38,40)/t25-,26?,27+,28?,29+,30+,31-,32+,35+,37+/m0/s1. The number of ether oxygens (including phenoxy) is 7. The molecule has 12 nitrogen and oxygen atoms in total. The number of likely N-dealkylation sites (tertiary alicyclic amines) is 1. The van der Waals surface area contributed by atoms with Crippen molar-refractivity contribution in [2.45, 2.75) is 141 Å². The Labute approximate surface area is 291 Å². The van der Waals surface area contributed by atoms with E-state index < -0.39 is 24.1 Å². The number of hydrogen-bond donors (Lipinski definition) is 1. The van der Waals surface area contributed by atoms with E-state index in [4.69, 9.17) is 33.2 Å². The highest BCUT2D eigenvalue weighted by Gasteiger charge is 2.60. The minimum Gasteiger partial charge on any atom is -0.469 e. The third-order valence-electron chi connectivity index (χ3n) is 9.80. The molecule has 0 aromatic rings. The van der Waals surface area contributed by atoms with Crippen LogP contribution in [0.3, 0.4) is 0 Å². The van der Waals surface area contributed by atoms with Gasteiger partial charge in [-0.2, -0.15) is 0 Å². The summed E-state index contributed by atoms with van der Waals surface area (Å²) >= 11 is 0. The zero-order chi connectivity index (χ0) is 35.6. The minimum atomic E-state index is -0.518. The average Bonchev–Trinajstić information content (AvgIpc) is 3.84. The first-order valence-corrected chi connectivity index (χ1v) is 18.0. The van der Waals surface area contributed by atoms with Gasteiger partial charge in [-0.25, -0.2) is 4.79 Å². The highest BCUT2D eigenvalue weighted by atomic mass is 16.7. The van der Waals surface area contributed by atoms with Gasteiger partial charge >= 0.3 is 12.1 Å². The second-order valence-corrected chi connectivity index (χ2v) is 13.9. The predicted molar refractivity (Wildman–Crippen MR) is 183 cm³/mol. The first kappa shape index (κ1) is 39.0. The van der Waals surface area contributed by atoms with Crippen molar-refractivity contribution in [2.75, 3.05) is 33.4 Å². The quantitative estimate of drug-likeness (QED) is 0.0873. The number of nitrogens with zero attached hydrogens (tertiary/aromatic N) is 1. The van der Waals surface area contributed by atoms with E-state index in [1.165, 1.54) is 13.2 Å². The van der Waals surface area contributed by atoms with Crippen LogP contribution in [0.1, 0.15) is 86.5 Å². The Bertz CT molecular complexity index is 1190. The maximum atomic E-state index is 12.7. The SMILES string of the molecule is CCOC(C)O[C@@H]1[C@@H](C=CC(C)=CC[C@@H]2O[C@H](C)[C@H](NC(=O)C=CC(C)OC(=O)N3CCCCC3)C[C@@H]2C)O[C@H](CC(=O)OC)C[C@@]12CO2. The number of epoxide rings is 1. The fourth-order valence-corrected chi connectivity index (χ4v) is 6.87. The highest BCUT2D eigenvalue weighted by Crippen LogP contribution is 2.45. The maximum Gasteiger partial charge on any atom is 0.410 e. The molecule has 0 saturated carbocycles. The van der Waals surface area contributed by atoms with E-state index in [2.05, 4.69) is 18.3 Å². The Morgan fingerprint density at radius 1 is 1.08 bits per heavy atom. The van der Waals surface area contributed by atoms with Crippen molar-refractivity contribution in [2.24, 2.45) is 5.92 Å². The molecule has 0 aromatic heterocycles. The summed E-state index contributed by atoms with van der Waals surface area (Å²) in [5, 5.41) is 3.07. The maximum absolute atomic E-state index is 12.7. The Kier molecular flexibility index (Phi) is 14.7. The summed E-state index contributed by atoms with van der Waals surface area (Å²) in [6, 6.07) is -0.131. The van der Waals surface area contributed by atoms with E-state index in [0.717, 1.165) is 44.3 Å². The molecule has 2 amide bonds. The van der Waals surface area contributed by atoms with Crippen molar-refractivity contribution < 1.29 is 47.5 Å². The van der Waals surface area contributed by atoms with Crippen molar-refractivity contribution in [3.8, 4) is 0 Å². The molecule has 4 aliphatic heterocycles. The van der Waals surface area contributed by atoms with Gasteiger partial charge < -0.3 is 43.4 Å². The van der Waals surface area contributed by atoms with Crippen molar-refractivity contribution in [3.63, 3.8) is 0 Å². The number of hydrogen-bond acceptors (Lipinski definition) is 10. The summed E-state index contributed by atoms with van der Waals surface area (Å²) in [7, 11) is 1.38. The number of carbonyl (C=O) groups excluding carboxylic acids is 3.